The van der Waals surface area contributed by atoms with Crippen LogP contribution in [-0.4, -0.2) is 39.2 Å². The summed E-state index contributed by atoms with van der Waals surface area (Å²) in [5.41, 5.74) is 0. The molecule has 1 saturated heterocycles. The standard InChI is InChI=1S/C13H17N3O2/c17-11-2-6-16(7-3-11)13(18)10-1-5-15-8-4-14-12(15)9-10/h4,8,10H,1-3,5-7,9H2. The van der Waals surface area contributed by atoms with E-state index in [1.807, 2.05) is 11.1 Å². The van der Waals surface area contributed by atoms with Crippen LogP contribution in [-0.2, 0) is 22.6 Å². The number of Topliss-reactive ketones (excluding diaryl/α,β-unsaturated/α-hetero) is 1. The van der Waals surface area contributed by atoms with Crippen molar-refractivity contribution in [2.24, 2.45) is 5.92 Å². The lowest BCUT2D eigenvalue weighted by Crippen LogP contribution is -2.43. The number of piperidine rings is 1. The van der Waals surface area contributed by atoms with Crippen molar-refractivity contribution < 1.29 is 9.59 Å². The molecule has 0 bridgehead atoms. The van der Waals surface area contributed by atoms with Crippen molar-refractivity contribution in [3.05, 3.63) is 18.2 Å². The fourth-order valence-electron chi connectivity index (χ4n) is 2.80. The Bertz CT molecular complexity index is 470. The van der Waals surface area contributed by atoms with E-state index >= 15 is 0 Å². The van der Waals surface area contributed by atoms with E-state index in [0.717, 1.165) is 25.2 Å². The fourth-order valence-corrected chi connectivity index (χ4v) is 2.80. The number of carbonyl (C=O) groups excluding carboxylic acids is 2. The van der Waals surface area contributed by atoms with E-state index in [-0.39, 0.29) is 17.6 Å². The quantitative estimate of drug-likeness (QED) is 0.731. The van der Waals surface area contributed by atoms with E-state index < -0.39 is 0 Å². The maximum absolute atomic E-state index is 12.4. The fraction of sp³-hybridized carbons (Fsp3) is 0.615. The molecular formula is C13H17N3O2. The van der Waals surface area contributed by atoms with Crippen LogP contribution in [0.25, 0.3) is 0 Å². The Morgan fingerprint density at radius 3 is 2.83 bits per heavy atom. The van der Waals surface area contributed by atoms with Crippen molar-refractivity contribution in [2.45, 2.75) is 32.2 Å². The molecule has 18 heavy (non-hydrogen) atoms. The number of rotatable bonds is 1. The lowest BCUT2D eigenvalue weighted by Gasteiger charge is -2.31. The maximum Gasteiger partial charge on any atom is 0.226 e. The van der Waals surface area contributed by atoms with E-state index in [2.05, 4.69) is 9.55 Å². The molecule has 3 rings (SSSR count). The third kappa shape index (κ3) is 2.05. The van der Waals surface area contributed by atoms with Crippen LogP contribution in [0.5, 0.6) is 0 Å². The lowest BCUT2D eigenvalue weighted by molar-refractivity contribution is -0.138. The number of hydrogen-bond acceptors (Lipinski definition) is 3. The van der Waals surface area contributed by atoms with Gasteiger partial charge in [0.2, 0.25) is 5.91 Å². The lowest BCUT2D eigenvalue weighted by atomic mass is 9.95. The summed E-state index contributed by atoms with van der Waals surface area (Å²) in [5, 5.41) is 0. The van der Waals surface area contributed by atoms with Crippen molar-refractivity contribution in [2.75, 3.05) is 13.1 Å². The monoisotopic (exact) mass is 247 g/mol. The third-order valence-corrected chi connectivity index (χ3v) is 3.93. The molecular weight excluding hydrogens is 230 g/mol. The number of aryl methyl sites for hydroxylation is 1. The van der Waals surface area contributed by atoms with Crippen LogP contribution in [0.1, 0.15) is 25.1 Å². The number of imidazole rings is 1. The predicted molar refractivity (Wildman–Crippen MR) is 64.9 cm³/mol. The van der Waals surface area contributed by atoms with Crippen molar-refractivity contribution in [3.63, 3.8) is 0 Å². The van der Waals surface area contributed by atoms with E-state index in [1.54, 1.807) is 6.20 Å². The average Bonchev–Trinajstić information content (AvgIpc) is 2.86. The summed E-state index contributed by atoms with van der Waals surface area (Å²) in [5.74, 6) is 1.54. The van der Waals surface area contributed by atoms with Gasteiger partial charge >= 0.3 is 0 Å². The molecule has 96 valence electrons. The molecule has 0 aliphatic carbocycles. The van der Waals surface area contributed by atoms with E-state index in [9.17, 15) is 9.59 Å². The SMILES string of the molecule is O=C1CCN(C(=O)C2CCn3ccnc3C2)CC1. The number of likely N-dealkylation sites (tertiary alicyclic amines) is 1. The number of carbonyl (C=O) groups is 2. The molecule has 1 fully saturated rings. The summed E-state index contributed by atoms with van der Waals surface area (Å²) in [6.07, 6.45) is 6.42. The first kappa shape index (κ1) is 11.4. The summed E-state index contributed by atoms with van der Waals surface area (Å²) >= 11 is 0. The molecule has 1 unspecified atom stereocenters. The summed E-state index contributed by atoms with van der Waals surface area (Å²) in [6.45, 7) is 2.07. The number of ketones is 1. The number of hydrogen-bond donors (Lipinski definition) is 0. The Kier molecular flexibility index (Phi) is 2.89. The molecule has 0 N–H and O–H groups in total. The Hall–Kier alpha value is -1.65. The van der Waals surface area contributed by atoms with Crippen LogP contribution >= 0.6 is 0 Å². The largest absolute Gasteiger partial charge is 0.342 e. The molecule has 5 heteroatoms. The van der Waals surface area contributed by atoms with Crippen LogP contribution in [0.3, 0.4) is 0 Å². The number of aromatic nitrogens is 2. The zero-order valence-electron chi connectivity index (χ0n) is 10.3. The number of fused-ring (bicyclic) bond motifs is 1. The van der Waals surface area contributed by atoms with Gasteiger partial charge in [-0.3, -0.25) is 9.59 Å². The highest BCUT2D eigenvalue weighted by atomic mass is 16.2. The van der Waals surface area contributed by atoms with Gasteiger partial charge in [0.1, 0.15) is 11.6 Å². The number of amides is 1. The number of nitrogens with zero attached hydrogens (tertiary/aromatic N) is 3. The first-order valence-electron chi connectivity index (χ1n) is 6.54. The van der Waals surface area contributed by atoms with Crippen LogP contribution in [0.2, 0.25) is 0 Å². The van der Waals surface area contributed by atoms with Gasteiger partial charge in [-0.1, -0.05) is 0 Å². The Balaban J connectivity index is 1.65. The van der Waals surface area contributed by atoms with Crippen LogP contribution in [0, 0.1) is 5.92 Å². The predicted octanol–water partition coefficient (Wildman–Crippen LogP) is 0.637. The molecule has 0 aromatic carbocycles. The van der Waals surface area contributed by atoms with Gasteiger partial charge in [0.05, 0.1) is 0 Å². The molecule has 5 nitrogen and oxygen atoms in total. The minimum Gasteiger partial charge on any atom is -0.342 e. The van der Waals surface area contributed by atoms with Gasteiger partial charge in [0.15, 0.2) is 0 Å². The van der Waals surface area contributed by atoms with E-state index in [1.165, 1.54) is 0 Å². The van der Waals surface area contributed by atoms with Gasteiger partial charge in [0.25, 0.3) is 0 Å². The Labute approximate surface area is 106 Å². The molecule has 1 atom stereocenters. The summed E-state index contributed by atoms with van der Waals surface area (Å²) in [7, 11) is 0. The molecule has 2 aliphatic rings. The van der Waals surface area contributed by atoms with Gasteiger partial charge in [-0.25, -0.2) is 4.98 Å². The second-order valence-corrected chi connectivity index (χ2v) is 5.09. The highest BCUT2D eigenvalue weighted by molar-refractivity contribution is 5.84. The minimum absolute atomic E-state index is 0.0492. The van der Waals surface area contributed by atoms with Gasteiger partial charge in [-0.2, -0.15) is 0 Å². The maximum atomic E-state index is 12.4. The van der Waals surface area contributed by atoms with Crippen LogP contribution < -0.4 is 0 Å². The van der Waals surface area contributed by atoms with Gasteiger partial charge in [-0.15, -0.1) is 0 Å². The molecule has 1 aromatic heterocycles. The second-order valence-electron chi connectivity index (χ2n) is 5.09. The smallest absolute Gasteiger partial charge is 0.226 e. The van der Waals surface area contributed by atoms with Crippen LogP contribution in [0.4, 0.5) is 0 Å². The Morgan fingerprint density at radius 2 is 2.06 bits per heavy atom. The van der Waals surface area contributed by atoms with Crippen molar-refractivity contribution in [3.8, 4) is 0 Å². The van der Waals surface area contributed by atoms with Crippen LogP contribution in [0.15, 0.2) is 12.4 Å². The summed E-state index contributed by atoms with van der Waals surface area (Å²) in [4.78, 5) is 29.7. The topological polar surface area (TPSA) is 55.2 Å². The third-order valence-electron chi connectivity index (χ3n) is 3.93. The van der Waals surface area contributed by atoms with Crippen molar-refractivity contribution in [1.29, 1.82) is 0 Å². The van der Waals surface area contributed by atoms with E-state index in [0.29, 0.717) is 25.9 Å². The summed E-state index contributed by atoms with van der Waals surface area (Å²) in [6, 6.07) is 0. The van der Waals surface area contributed by atoms with Crippen molar-refractivity contribution >= 4 is 11.7 Å². The highest BCUT2D eigenvalue weighted by Crippen LogP contribution is 2.22. The molecule has 0 saturated carbocycles. The van der Waals surface area contributed by atoms with Gasteiger partial charge in [0, 0.05) is 57.2 Å². The first-order chi connectivity index (χ1) is 8.74. The zero-order chi connectivity index (χ0) is 12.5. The van der Waals surface area contributed by atoms with Crippen molar-refractivity contribution in [1.82, 2.24) is 14.5 Å². The highest BCUT2D eigenvalue weighted by Gasteiger charge is 2.30. The molecule has 1 aromatic rings. The normalized spacial score (nSPS) is 23.9. The molecule has 1 amide bonds. The van der Waals surface area contributed by atoms with E-state index in [4.69, 9.17) is 0 Å². The Morgan fingerprint density at radius 1 is 1.28 bits per heavy atom. The average molecular weight is 247 g/mol. The molecule has 2 aliphatic heterocycles. The van der Waals surface area contributed by atoms with Gasteiger partial charge in [-0.05, 0) is 6.42 Å². The zero-order valence-corrected chi connectivity index (χ0v) is 10.3. The molecule has 0 spiro atoms. The molecule has 0 radical (unpaired) electrons. The minimum atomic E-state index is 0.0492. The second kappa shape index (κ2) is 4.55. The first-order valence-corrected chi connectivity index (χ1v) is 6.54. The van der Waals surface area contributed by atoms with Gasteiger partial charge < -0.3 is 9.47 Å². The summed E-state index contributed by atoms with van der Waals surface area (Å²) < 4.78 is 2.11. The molecule has 3 heterocycles.